The maximum Gasteiger partial charge on any atom is 0.307 e. The third-order valence-electron chi connectivity index (χ3n) is 2.86. The molecular formula is C13H19NO2. The zero-order chi connectivity index (χ0) is 12.0. The molecule has 0 saturated heterocycles. The van der Waals surface area contributed by atoms with E-state index in [2.05, 4.69) is 17.4 Å². The van der Waals surface area contributed by atoms with Gasteiger partial charge in [-0.15, -0.1) is 0 Å². The van der Waals surface area contributed by atoms with Crippen LogP contribution in [0.15, 0.2) is 30.3 Å². The second-order valence-electron chi connectivity index (χ2n) is 4.11. The average Bonchev–Trinajstić information content (AvgIpc) is 2.29. The molecule has 0 spiro atoms. The summed E-state index contributed by atoms with van der Waals surface area (Å²) < 4.78 is 0. The van der Waals surface area contributed by atoms with Gasteiger partial charge in [0.2, 0.25) is 0 Å². The fourth-order valence-corrected chi connectivity index (χ4v) is 1.48. The van der Waals surface area contributed by atoms with Gasteiger partial charge in [0.15, 0.2) is 0 Å². The Morgan fingerprint density at radius 3 is 2.50 bits per heavy atom. The van der Waals surface area contributed by atoms with Crippen LogP contribution in [0.25, 0.3) is 0 Å². The maximum atomic E-state index is 10.7. The van der Waals surface area contributed by atoms with Crippen molar-refractivity contribution in [3.8, 4) is 0 Å². The normalized spacial score (nSPS) is 14.4. The number of hydrogen-bond acceptors (Lipinski definition) is 2. The number of hydrogen-bond donors (Lipinski definition) is 2. The lowest BCUT2D eigenvalue weighted by Gasteiger charge is -2.17. The lowest BCUT2D eigenvalue weighted by Crippen LogP contribution is -2.37. The molecule has 0 fully saturated rings. The minimum Gasteiger partial charge on any atom is -0.481 e. The van der Waals surface area contributed by atoms with Crippen LogP contribution in [0, 0.1) is 5.92 Å². The highest BCUT2D eigenvalue weighted by molar-refractivity contribution is 5.70. The van der Waals surface area contributed by atoms with Crippen LogP contribution in [0.3, 0.4) is 0 Å². The summed E-state index contributed by atoms with van der Waals surface area (Å²) >= 11 is 0. The Morgan fingerprint density at radius 2 is 1.94 bits per heavy atom. The minimum atomic E-state index is -0.750. The molecule has 3 heteroatoms. The van der Waals surface area contributed by atoms with Crippen molar-refractivity contribution in [1.82, 2.24) is 5.32 Å². The number of carbonyl (C=O) groups is 1. The molecule has 0 aliphatic rings. The van der Waals surface area contributed by atoms with Crippen LogP contribution < -0.4 is 5.32 Å². The van der Waals surface area contributed by atoms with Gasteiger partial charge in [-0.2, -0.15) is 0 Å². The molecule has 16 heavy (non-hydrogen) atoms. The Morgan fingerprint density at radius 1 is 1.31 bits per heavy atom. The standard InChI is InChI=1S/C13H19NO2/c1-10(13(15)16)11(2)14-9-8-12-6-4-3-5-7-12/h3-7,10-11,14H,8-9H2,1-2H3,(H,15,16). The second-order valence-corrected chi connectivity index (χ2v) is 4.11. The van der Waals surface area contributed by atoms with Crippen molar-refractivity contribution < 1.29 is 9.90 Å². The van der Waals surface area contributed by atoms with Crippen molar-refractivity contribution in [2.75, 3.05) is 6.54 Å². The molecule has 0 heterocycles. The van der Waals surface area contributed by atoms with Gasteiger partial charge in [0.1, 0.15) is 0 Å². The molecular weight excluding hydrogens is 202 g/mol. The summed E-state index contributed by atoms with van der Waals surface area (Å²) in [6, 6.07) is 10.2. The smallest absolute Gasteiger partial charge is 0.307 e. The van der Waals surface area contributed by atoms with E-state index < -0.39 is 5.97 Å². The molecule has 0 aliphatic heterocycles. The van der Waals surface area contributed by atoms with E-state index in [1.54, 1.807) is 6.92 Å². The summed E-state index contributed by atoms with van der Waals surface area (Å²) in [6.07, 6.45) is 0.928. The topological polar surface area (TPSA) is 49.3 Å². The van der Waals surface area contributed by atoms with Crippen LogP contribution in [-0.2, 0) is 11.2 Å². The molecule has 0 aliphatic carbocycles. The fourth-order valence-electron chi connectivity index (χ4n) is 1.48. The van der Waals surface area contributed by atoms with Gasteiger partial charge in [-0.1, -0.05) is 37.3 Å². The lowest BCUT2D eigenvalue weighted by molar-refractivity contribution is -0.141. The van der Waals surface area contributed by atoms with Crippen LogP contribution in [0.1, 0.15) is 19.4 Å². The Hall–Kier alpha value is -1.35. The number of aliphatic carboxylic acids is 1. The largest absolute Gasteiger partial charge is 0.481 e. The summed E-state index contributed by atoms with van der Waals surface area (Å²) in [7, 11) is 0. The van der Waals surface area contributed by atoms with E-state index in [9.17, 15) is 4.79 Å². The SMILES string of the molecule is CC(NCCc1ccccc1)C(C)C(=O)O. The van der Waals surface area contributed by atoms with Crippen LogP contribution >= 0.6 is 0 Å². The van der Waals surface area contributed by atoms with Gasteiger partial charge in [0, 0.05) is 6.04 Å². The van der Waals surface area contributed by atoms with Gasteiger partial charge in [0.05, 0.1) is 5.92 Å². The Kier molecular flexibility index (Phi) is 4.99. The van der Waals surface area contributed by atoms with Crippen molar-refractivity contribution >= 4 is 5.97 Å². The molecule has 0 aromatic heterocycles. The van der Waals surface area contributed by atoms with Gasteiger partial charge in [-0.05, 0) is 25.5 Å². The van der Waals surface area contributed by atoms with Crippen LogP contribution in [0.2, 0.25) is 0 Å². The number of carboxylic acid groups (broad SMARTS) is 1. The molecule has 88 valence electrons. The summed E-state index contributed by atoms with van der Waals surface area (Å²) in [5.74, 6) is -1.10. The van der Waals surface area contributed by atoms with E-state index in [1.165, 1.54) is 5.56 Å². The molecule has 0 bridgehead atoms. The highest BCUT2D eigenvalue weighted by atomic mass is 16.4. The molecule has 1 rings (SSSR count). The third kappa shape index (κ3) is 4.03. The van der Waals surface area contributed by atoms with E-state index >= 15 is 0 Å². The van der Waals surface area contributed by atoms with Crippen molar-refractivity contribution in [2.24, 2.45) is 5.92 Å². The maximum absolute atomic E-state index is 10.7. The monoisotopic (exact) mass is 221 g/mol. The first-order valence-corrected chi connectivity index (χ1v) is 5.61. The van der Waals surface area contributed by atoms with Crippen LogP contribution in [-0.4, -0.2) is 23.7 Å². The van der Waals surface area contributed by atoms with E-state index in [0.29, 0.717) is 0 Å². The lowest BCUT2D eigenvalue weighted by atomic mass is 10.0. The molecule has 1 aromatic rings. The predicted octanol–water partition coefficient (Wildman–Crippen LogP) is 1.93. The molecule has 2 N–H and O–H groups in total. The minimum absolute atomic E-state index is 0.00112. The second kappa shape index (κ2) is 6.28. The van der Waals surface area contributed by atoms with Crippen molar-refractivity contribution in [3.05, 3.63) is 35.9 Å². The Balaban J connectivity index is 2.28. The first-order chi connectivity index (χ1) is 7.61. The predicted molar refractivity (Wildman–Crippen MR) is 64.4 cm³/mol. The fraction of sp³-hybridized carbons (Fsp3) is 0.462. The van der Waals surface area contributed by atoms with E-state index in [-0.39, 0.29) is 12.0 Å². The quantitative estimate of drug-likeness (QED) is 0.771. The highest BCUT2D eigenvalue weighted by Crippen LogP contribution is 2.03. The molecule has 2 unspecified atom stereocenters. The molecule has 0 amide bonds. The Labute approximate surface area is 96.5 Å². The van der Waals surface area contributed by atoms with Crippen molar-refractivity contribution in [1.29, 1.82) is 0 Å². The molecule has 3 nitrogen and oxygen atoms in total. The molecule has 1 aromatic carbocycles. The summed E-state index contributed by atoms with van der Waals surface area (Å²) in [4.78, 5) is 10.7. The van der Waals surface area contributed by atoms with Crippen molar-refractivity contribution in [2.45, 2.75) is 26.3 Å². The van der Waals surface area contributed by atoms with Gasteiger partial charge in [-0.25, -0.2) is 0 Å². The summed E-state index contributed by atoms with van der Waals surface area (Å²) in [6.45, 7) is 4.44. The van der Waals surface area contributed by atoms with Crippen molar-refractivity contribution in [3.63, 3.8) is 0 Å². The number of nitrogens with one attached hydrogen (secondary N) is 1. The average molecular weight is 221 g/mol. The van der Waals surface area contributed by atoms with Gasteiger partial charge in [0.25, 0.3) is 0 Å². The van der Waals surface area contributed by atoms with Crippen LogP contribution in [0.4, 0.5) is 0 Å². The zero-order valence-electron chi connectivity index (χ0n) is 9.81. The highest BCUT2D eigenvalue weighted by Gasteiger charge is 2.18. The summed E-state index contributed by atoms with van der Waals surface area (Å²) in [5.41, 5.74) is 1.27. The first kappa shape index (κ1) is 12.7. The number of benzene rings is 1. The Bertz CT molecular complexity index is 324. The molecule has 0 saturated carbocycles. The molecule has 2 atom stereocenters. The van der Waals surface area contributed by atoms with E-state index in [1.807, 2.05) is 25.1 Å². The van der Waals surface area contributed by atoms with E-state index in [4.69, 9.17) is 5.11 Å². The number of rotatable bonds is 6. The van der Waals surface area contributed by atoms with Gasteiger partial charge < -0.3 is 10.4 Å². The van der Waals surface area contributed by atoms with E-state index in [0.717, 1.165) is 13.0 Å². The summed E-state index contributed by atoms with van der Waals surface area (Å²) in [5, 5.41) is 12.1. The molecule has 0 radical (unpaired) electrons. The van der Waals surface area contributed by atoms with Gasteiger partial charge in [-0.3, -0.25) is 4.79 Å². The van der Waals surface area contributed by atoms with Gasteiger partial charge >= 0.3 is 5.97 Å². The zero-order valence-corrected chi connectivity index (χ0v) is 9.81. The number of carboxylic acids is 1. The third-order valence-corrected chi connectivity index (χ3v) is 2.86. The van der Waals surface area contributed by atoms with Crippen LogP contribution in [0.5, 0.6) is 0 Å². The first-order valence-electron chi connectivity index (χ1n) is 5.61.